The number of Topliss-reactive ketones (excluding diaryl/α,β-unsaturated/α-hetero) is 1. The van der Waals surface area contributed by atoms with Crippen LogP contribution in [-0.2, 0) is 19.0 Å². The largest absolute Gasteiger partial charge is 0.387 e. The molecule has 0 unspecified atom stereocenters. The lowest BCUT2D eigenvalue weighted by molar-refractivity contribution is -0.236. The Morgan fingerprint density at radius 1 is 1.38 bits per heavy atom. The zero-order valence-electron chi connectivity index (χ0n) is 13.8. The number of nitrogens with one attached hydrogen (secondary N) is 1. The van der Waals surface area contributed by atoms with Crippen LogP contribution in [0.3, 0.4) is 0 Å². The summed E-state index contributed by atoms with van der Waals surface area (Å²) in [6.07, 6.45) is -4.58. The van der Waals surface area contributed by atoms with Crippen molar-refractivity contribution in [2.75, 3.05) is 13.6 Å². The van der Waals surface area contributed by atoms with Crippen molar-refractivity contribution in [3.63, 3.8) is 0 Å². The average Bonchev–Trinajstić information content (AvgIpc) is 2.97. The van der Waals surface area contributed by atoms with E-state index < -0.39 is 54.3 Å². The van der Waals surface area contributed by atoms with Gasteiger partial charge in [-0.2, -0.15) is 5.01 Å². The molecule has 3 N–H and O–H groups in total. The van der Waals surface area contributed by atoms with E-state index in [2.05, 4.69) is 10.6 Å². The van der Waals surface area contributed by atoms with E-state index in [1.807, 2.05) is 0 Å². The van der Waals surface area contributed by atoms with Crippen LogP contribution in [0.4, 0.5) is 4.79 Å². The molecule has 2 amide bonds. The van der Waals surface area contributed by atoms with Gasteiger partial charge in [-0.05, 0) is 20.8 Å². The van der Waals surface area contributed by atoms with Crippen LogP contribution < -0.4 is 5.32 Å². The van der Waals surface area contributed by atoms with Gasteiger partial charge >= 0.3 is 6.03 Å². The van der Waals surface area contributed by atoms with Crippen molar-refractivity contribution in [1.82, 2.24) is 10.3 Å². The molecule has 11 heteroatoms. The minimum absolute atomic E-state index is 0.454. The first kappa shape index (κ1) is 18.7. The highest BCUT2D eigenvalue weighted by atomic mass is 16.8. The van der Waals surface area contributed by atoms with Crippen LogP contribution in [-0.4, -0.2) is 76.6 Å². The third kappa shape index (κ3) is 3.26. The number of hydrogen-bond donors (Lipinski definition) is 3. The molecule has 0 aromatic heterocycles. The third-order valence-electron chi connectivity index (χ3n) is 4.02. The van der Waals surface area contributed by atoms with E-state index in [0.717, 1.165) is 14.0 Å². The van der Waals surface area contributed by atoms with Crippen LogP contribution in [0, 0.1) is 4.91 Å². The summed E-state index contributed by atoms with van der Waals surface area (Å²) >= 11 is 0. The summed E-state index contributed by atoms with van der Waals surface area (Å²) in [7, 11) is 1.10. The molecule has 2 heterocycles. The van der Waals surface area contributed by atoms with Crippen LogP contribution in [0.15, 0.2) is 5.29 Å². The van der Waals surface area contributed by atoms with Crippen LogP contribution >= 0.6 is 0 Å². The van der Waals surface area contributed by atoms with Crippen LogP contribution in [0.5, 0.6) is 0 Å². The van der Waals surface area contributed by atoms with Crippen LogP contribution in [0.1, 0.15) is 20.8 Å². The van der Waals surface area contributed by atoms with Gasteiger partial charge in [0.25, 0.3) is 0 Å². The number of amides is 2. The summed E-state index contributed by atoms with van der Waals surface area (Å²) in [5.74, 6) is -1.71. The number of rotatable bonds is 5. The van der Waals surface area contributed by atoms with Gasteiger partial charge in [0, 0.05) is 7.05 Å². The summed E-state index contributed by atoms with van der Waals surface area (Å²) in [5.41, 5.74) is -2.24. The molecule has 0 bridgehead atoms. The molecule has 2 aliphatic heterocycles. The van der Waals surface area contributed by atoms with Gasteiger partial charge < -0.3 is 29.7 Å². The van der Waals surface area contributed by atoms with Crippen molar-refractivity contribution in [1.29, 1.82) is 0 Å². The zero-order valence-corrected chi connectivity index (χ0v) is 13.8. The van der Waals surface area contributed by atoms with Gasteiger partial charge in [0.1, 0.15) is 18.3 Å². The maximum atomic E-state index is 11.9. The third-order valence-corrected chi connectivity index (χ3v) is 4.02. The fourth-order valence-electron chi connectivity index (χ4n) is 2.67. The Labute approximate surface area is 137 Å². The number of nitroso groups, excluding NO2 is 1. The number of nitrogens with zero attached hydrogens (tertiary/aromatic N) is 2. The lowest BCUT2D eigenvalue weighted by atomic mass is 9.88. The minimum Gasteiger partial charge on any atom is -0.387 e. The number of aliphatic hydroxyl groups is 2. The number of aliphatic hydroxyl groups excluding tert-OH is 1. The quantitative estimate of drug-likeness (QED) is 0.418. The molecule has 24 heavy (non-hydrogen) atoms. The topological polar surface area (TPSA) is 147 Å². The summed E-state index contributed by atoms with van der Waals surface area (Å²) in [6, 6.07) is -0.925. The maximum Gasteiger partial charge on any atom is 0.340 e. The van der Waals surface area contributed by atoms with E-state index in [1.165, 1.54) is 0 Å². The van der Waals surface area contributed by atoms with Gasteiger partial charge in [0.15, 0.2) is 23.5 Å². The summed E-state index contributed by atoms with van der Waals surface area (Å²) in [5, 5.41) is 26.1. The van der Waals surface area contributed by atoms with Crippen LogP contribution in [0.2, 0.25) is 0 Å². The molecule has 2 rings (SSSR count). The van der Waals surface area contributed by atoms with Crippen molar-refractivity contribution >= 4 is 11.8 Å². The second kappa shape index (κ2) is 6.33. The van der Waals surface area contributed by atoms with Gasteiger partial charge in [0.2, 0.25) is 0 Å². The molecule has 2 fully saturated rings. The minimum atomic E-state index is -2.24. The number of ketones is 1. The van der Waals surface area contributed by atoms with E-state index >= 15 is 0 Å². The molecule has 0 aromatic carbocycles. The van der Waals surface area contributed by atoms with E-state index in [9.17, 15) is 24.7 Å². The summed E-state index contributed by atoms with van der Waals surface area (Å²) in [6.45, 7) is 3.77. The van der Waals surface area contributed by atoms with Crippen molar-refractivity contribution in [3.05, 3.63) is 4.91 Å². The van der Waals surface area contributed by atoms with Gasteiger partial charge in [-0.3, -0.25) is 4.79 Å². The molecule has 5 atom stereocenters. The first-order valence-electron chi connectivity index (χ1n) is 7.29. The first-order chi connectivity index (χ1) is 11.0. The second-order valence-corrected chi connectivity index (χ2v) is 6.26. The molecule has 2 aliphatic rings. The Hall–Kier alpha value is -1.66. The smallest absolute Gasteiger partial charge is 0.340 e. The number of fused-ring (bicyclic) bond motifs is 1. The molecular formula is C13H21N3O8. The van der Waals surface area contributed by atoms with Crippen molar-refractivity contribution in [2.45, 2.75) is 56.8 Å². The van der Waals surface area contributed by atoms with E-state index in [-0.39, 0.29) is 0 Å². The molecule has 136 valence electrons. The number of carbonyl (C=O) groups excluding carboxylic acids is 2. The van der Waals surface area contributed by atoms with Crippen molar-refractivity contribution in [2.24, 2.45) is 5.29 Å². The normalized spacial score (nSPS) is 33.4. The molecule has 0 spiro atoms. The van der Waals surface area contributed by atoms with Gasteiger partial charge in [-0.25, -0.2) is 4.79 Å². The second-order valence-electron chi connectivity index (χ2n) is 6.26. The standard InChI is InChI=1S/C13H21N3O8/c1-6(17)13(20,5-14-11(19)16(4)15-21)9-7(18)8-10(22-9)24-12(2,3)23-8/h7-10,18,20H,5H2,1-4H3,(H,14,19)/t7-,8-,9+,10-,13+/m1/s1. The Morgan fingerprint density at radius 2 is 2.00 bits per heavy atom. The van der Waals surface area contributed by atoms with Gasteiger partial charge in [-0.1, -0.05) is 0 Å². The fraction of sp³-hybridized carbons (Fsp3) is 0.846. The predicted molar refractivity (Wildman–Crippen MR) is 77.3 cm³/mol. The van der Waals surface area contributed by atoms with Crippen molar-refractivity contribution in [3.8, 4) is 0 Å². The Balaban J connectivity index is 2.12. The number of carbonyl (C=O) groups is 2. The fourth-order valence-corrected chi connectivity index (χ4v) is 2.67. The van der Waals surface area contributed by atoms with E-state index in [0.29, 0.717) is 5.01 Å². The molecule has 11 nitrogen and oxygen atoms in total. The lowest BCUT2D eigenvalue weighted by Gasteiger charge is -2.34. The molecular weight excluding hydrogens is 326 g/mol. The highest BCUT2D eigenvalue weighted by Crippen LogP contribution is 2.40. The molecule has 0 aliphatic carbocycles. The molecule has 0 aromatic rings. The summed E-state index contributed by atoms with van der Waals surface area (Å²) < 4.78 is 16.4. The zero-order chi connectivity index (χ0) is 18.3. The summed E-state index contributed by atoms with van der Waals surface area (Å²) in [4.78, 5) is 33.8. The van der Waals surface area contributed by atoms with Gasteiger partial charge in [-0.15, -0.1) is 4.91 Å². The lowest BCUT2D eigenvalue weighted by Crippen LogP contribution is -2.60. The van der Waals surface area contributed by atoms with E-state index in [4.69, 9.17) is 14.2 Å². The Bertz CT molecular complexity index is 541. The number of hydrogen-bond acceptors (Lipinski definition) is 9. The number of ether oxygens (including phenoxy) is 3. The highest BCUT2D eigenvalue weighted by molar-refractivity contribution is 5.87. The molecule has 0 saturated carbocycles. The predicted octanol–water partition coefficient (Wildman–Crippen LogP) is -1.13. The highest BCUT2D eigenvalue weighted by Gasteiger charge is 2.61. The maximum absolute atomic E-state index is 11.9. The van der Waals surface area contributed by atoms with E-state index in [1.54, 1.807) is 13.8 Å². The molecule has 0 radical (unpaired) electrons. The average molecular weight is 347 g/mol. The SMILES string of the molecule is CC(=O)[C@@](O)(CNC(=O)N(C)N=O)[C@H]1O[C@@H]2OC(C)(C)O[C@@H]2[C@H]1O. The Kier molecular flexibility index (Phi) is 4.93. The van der Waals surface area contributed by atoms with Crippen molar-refractivity contribution < 1.29 is 34.0 Å². The molecule has 2 saturated heterocycles. The van der Waals surface area contributed by atoms with Crippen LogP contribution in [0.25, 0.3) is 0 Å². The Morgan fingerprint density at radius 3 is 2.50 bits per heavy atom. The first-order valence-corrected chi connectivity index (χ1v) is 7.29. The number of urea groups is 1. The van der Waals surface area contributed by atoms with Gasteiger partial charge in [0.05, 0.1) is 11.8 Å². The monoisotopic (exact) mass is 347 g/mol.